The molecule has 0 aromatic heterocycles. The second-order valence-corrected chi connectivity index (χ2v) is 31.4. The standard InChI is InChI=1S/C75H146O17P2/c1-8-9-10-11-12-13-14-15-16-17-18-19-20-21-22-23-26-37-44-51-58-74(79)91-70(62-85-72(77)56-49-42-35-27-24-25-32-39-46-53-66(2)3)64-89-93(81,82)87-60-69(76)61-88-94(83,84)90-65-71(92-75(80)59-52-45-38-31-29-34-41-48-55-68(6)7)63-86-73(78)57-50-43-36-30-28-33-40-47-54-67(4)5/h66-71,76H,8-65H2,1-7H3,(H,81,82)(H,83,84)/t69-,70-,71-/m1/s1. The molecule has 0 spiro atoms. The SMILES string of the molecule is CCCCCCCCCCCCCCCCCCCCCCC(=O)O[C@H](COC(=O)CCCCCCCCCCCC(C)C)COP(=O)(O)OC[C@@H](O)COP(=O)(O)OC[C@@H](COC(=O)CCCCCCCCCCC(C)C)OC(=O)CCCCCCCCCCC(C)C. The van der Waals surface area contributed by atoms with Gasteiger partial charge in [0.25, 0.3) is 0 Å². The van der Waals surface area contributed by atoms with Gasteiger partial charge in [-0.2, -0.15) is 0 Å². The molecule has 0 amide bonds. The molecule has 94 heavy (non-hydrogen) atoms. The first-order chi connectivity index (χ1) is 45.2. The summed E-state index contributed by atoms with van der Waals surface area (Å²) in [5.74, 6) is 0.0653. The van der Waals surface area contributed by atoms with E-state index < -0.39 is 97.5 Å². The Hall–Kier alpha value is -1.94. The zero-order chi connectivity index (χ0) is 69.4. The predicted octanol–water partition coefficient (Wildman–Crippen LogP) is 21.8. The van der Waals surface area contributed by atoms with Gasteiger partial charge in [0.1, 0.15) is 19.3 Å². The lowest BCUT2D eigenvalue weighted by atomic mass is 10.0. The van der Waals surface area contributed by atoms with Crippen LogP contribution in [-0.4, -0.2) is 96.7 Å². The normalized spacial score (nSPS) is 14.1. The molecule has 0 aliphatic rings. The van der Waals surface area contributed by atoms with Crippen LogP contribution in [0.15, 0.2) is 0 Å². The second-order valence-electron chi connectivity index (χ2n) is 28.5. The van der Waals surface area contributed by atoms with Crippen LogP contribution in [-0.2, 0) is 65.4 Å². The molecule has 19 heteroatoms. The lowest BCUT2D eigenvalue weighted by molar-refractivity contribution is -0.161. The molecule has 0 aromatic carbocycles. The van der Waals surface area contributed by atoms with E-state index in [-0.39, 0.29) is 25.7 Å². The molecule has 5 atom stereocenters. The number of aliphatic hydroxyl groups is 1. The van der Waals surface area contributed by atoms with E-state index in [0.29, 0.717) is 25.7 Å². The molecule has 3 N–H and O–H groups in total. The molecule has 17 nitrogen and oxygen atoms in total. The second kappa shape index (κ2) is 65.7. The largest absolute Gasteiger partial charge is 0.472 e. The fraction of sp³-hybridized carbons (Fsp3) is 0.947. The maximum Gasteiger partial charge on any atom is 0.472 e. The van der Waals surface area contributed by atoms with Crippen molar-refractivity contribution in [3.63, 3.8) is 0 Å². The Morgan fingerprint density at radius 1 is 0.287 bits per heavy atom. The van der Waals surface area contributed by atoms with Crippen molar-refractivity contribution in [2.45, 2.75) is 401 Å². The van der Waals surface area contributed by atoms with Gasteiger partial charge < -0.3 is 33.8 Å². The van der Waals surface area contributed by atoms with Gasteiger partial charge in [0, 0.05) is 25.7 Å². The smallest absolute Gasteiger partial charge is 0.462 e. The van der Waals surface area contributed by atoms with E-state index in [1.165, 1.54) is 193 Å². The molecule has 0 heterocycles. The van der Waals surface area contributed by atoms with E-state index in [1.54, 1.807) is 0 Å². The molecule has 0 saturated carbocycles. The van der Waals surface area contributed by atoms with Crippen molar-refractivity contribution in [3.05, 3.63) is 0 Å². The van der Waals surface area contributed by atoms with Crippen LogP contribution in [0.5, 0.6) is 0 Å². The van der Waals surface area contributed by atoms with Crippen molar-refractivity contribution in [1.29, 1.82) is 0 Å². The van der Waals surface area contributed by atoms with E-state index in [1.807, 2.05) is 0 Å². The Kier molecular flexibility index (Phi) is 64.3. The number of hydrogen-bond donors (Lipinski definition) is 3. The highest BCUT2D eigenvalue weighted by atomic mass is 31.2. The predicted molar refractivity (Wildman–Crippen MR) is 381 cm³/mol. The zero-order valence-electron chi connectivity index (χ0n) is 61.4. The highest BCUT2D eigenvalue weighted by Gasteiger charge is 2.30. The number of aliphatic hydroxyl groups excluding tert-OH is 1. The lowest BCUT2D eigenvalue weighted by Gasteiger charge is -2.21. The first-order valence-corrected chi connectivity index (χ1v) is 41.8. The number of unbranched alkanes of at least 4 members (excludes halogenated alkanes) is 41. The fourth-order valence-electron chi connectivity index (χ4n) is 11.4. The third-order valence-electron chi connectivity index (χ3n) is 17.4. The minimum atomic E-state index is -4.96. The molecule has 0 fully saturated rings. The van der Waals surface area contributed by atoms with Gasteiger partial charge >= 0.3 is 39.5 Å². The van der Waals surface area contributed by atoms with E-state index in [2.05, 4.69) is 48.5 Å². The average Bonchev–Trinajstić information content (AvgIpc) is 1.32. The number of hydrogen-bond acceptors (Lipinski definition) is 15. The first-order valence-electron chi connectivity index (χ1n) is 38.8. The Morgan fingerprint density at radius 3 is 0.723 bits per heavy atom. The minimum Gasteiger partial charge on any atom is -0.462 e. The Morgan fingerprint density at radius 2 is 0.489 bits per heavy atom. The molecule has 0 aromatic rings. The molecule has 0 saturated heterocycles. The third kappa shape index (κ3) is 68.6. The molecule has 0 aliphatic heterocycles. The highest BCUT2D eigenvalue weighted by Crippen LogP contribution is 2.45. The lowest BCUT2D eigenvalue weighted by Crippen LogP contribution is -2.30. The number of rotatable bonds is 73. The van der Waals surface area contributed by atoms with Crippen molar-refractivity contribution in [3.8, 4) is 0 Å². The number of phosphoric acid groups is 2. The molecule has 0 rings (SSSR count). The van der Waals surface area contributed by atoms with Crippen molar-refractivity contribution < 1.29 is 80.2 Å². The number of ether oxygens (including phenoxy) is 4. The summed E-state index contributed by atoms with van der Waals surface area (Å²) in [6.45, 7) is 11.8. The van der Waals surface area contributed by atoms with Crippen LogP contribution >= 0.6 is 15.6 Å². The quantitative estimate of drug-likeness (QED) is 0.0222. The number of carbonyl (C=O) groups is 4. The van der Waals surface area contributed by atoms with Gasteiger partial charge in [-0.15, -0.1) is 0 Å². The Balaban J connectivity index is 5.21. The van der Waals surface area contributed by atoms with E-state index in [0.717, 1.165) is 108 Å². The van der Waals surface area contributed by atoms with Crippen LogP contribution in [0.2, 0.25) is 0 Å². The van der Waals surface area contributed by atoms with Gasteiger partial charge in [-0.25, -0.2) is 9.13 Å². The first kappa shape index (κ1) is 92.1. The van der Waals surface area contributed by atoms with Crippen molar-refractivity contribution in [1.82, 2.24) is 0 Å². The fourth-order valence-corrected chi connectivity index (χ4v) is 13.0. The van der Waals surface area contributed by atoms with E-state index >= 15 is 0 Å². The zero-order valence-corrected chi connectivity index (χ0v) is 63.2. The van der Waals surface area contributed by atoms with Gasteiger partial charge in [-0.1, -0.05) is 331 Å². The Labute approximate surface area is 575 Å². The summed E-state index contributed by atoms with van der Waals surface area (Å²) >= 11 is 0. The number of carbonyl (C=O) groups excluding carboxylic acids is 4. The van der Waals surface area contributed by atoms with Gasteiger partial charge in [0.15, 0.2) is 12.2 Å². The molecular weight excluding hydrogens is 1230 g/mol. The molecule has 0 bridgehead atoms. The maximum absolute atomic E-state index is 13.1. The van der Waals surface area contributed by atoms with Crippen LogP contribution in [0, 0.1) is 17.8 Å². The maximum atomic E-state index is 13.1. The van der Waals surface area contributed by atoms with Gasteiger partial charge in [0.2, 0.25) is 0 Å². The summed E-state index contributed by atoms with van der Waals surface area (Å²) in [5, 5.41) is 10.6. The number of esters is 4. The molecule has 0 radical (unpaired) electrons. The summed E-state index contributed by atoms with van der Waals surface area (Å²) in [7, 11) is -9.91. The van der Waals surface area contributed by atoms with Gasteiger partial charge in [-0.05, 0) is 43.4 Å². The molecular formula is C75H146O17P2. The third-order valence-corrected chi connectivity index (χ3v) is 19.3. The summed E-state index contributed by atoms with van der Waals surface area (Å²) < 4.78 is 68.4. The monoisotopic (exact) mass is 1380 g/mol. The molecule has 2 unspecified atom stereocenters. The van der Waals surface area contributed by atoms with Crippen LogP contribution in [0.3, 0.4) is 0 Å². The van der Waals surface area contributed by atoms with Gasteiger partial charge in [-0.3, -0.25) is 37.3 Å². The van der Waals surface area contributed by atoms with Crippen LogP contribution < -0.4 is 0 Å². The molecule has 0 aliphatic carbocycles. The summed E-state index contributed by atoms with van der Waals surface area (Å²) in [4.78, 5) is 72.7. The van der Waals surface area contributed by atoms with Crippen LogP contribution in [0.1, 0.15) is 382 Å². The van der Waals surface area contributed by atoms with E-state index in [4.69, 9.17) is 37.0 Å². The summed E-state index contributed by atoms with van der Waals surface area (Å²) in [6.07, 6.45) is 51.6. The van der Waals surface area contributed by atoms with Gasteiger partial charge in [0.05, 0.1) is 26.4 Å². The van der Waals surface area contributed by atoms with Crippen molar-refractivity contribution in [2.24, 2.45) is 17.8 Å². The highest BCUT2D eigenvalue weighted by molar-refractivity contribution is 7.47. The summed E-state index contributed by atoms with van der Waals surface area (Å²) in [6, 6.07) is 0. The summed E-state index contributed by atoms with van der Waals surface area (Å²) in [5.41, 5.74) is 0. The average molecular weight is 1380 g/mol. The van der Waals surface area contributed by atoms with E-state index in [9.17, 15) is 43.2 Å². The minimum absolute atomic E-state index is 0.104. The topological polar surface area (TPSA) is 237 Å². The van der Waals surface area contributed by atoms with Crippen LogP contribution in [0.4, 0.5) is 0 Å². The Bertz CT molecular complexity index is 1840. The van der Waals surface area contributed by atoms with Crippen molar-refractivity contribution >= 4 is 39.5 Å². The molecule has 558 valence electrons. The van der Waals surface area contributed by atoms with Crippen LogP contribution in [0.25, 0.3) is 0 Å². The number of phosphoric ester groups is 2. The van der Waals surface area contributed by atoms with Crippen molar-refractivity contribution in [2.75, 3.05) is 39.6 Å².